The molecule has 0 radical (unpaired) electrons. The first kappa shape index (κ1) is 83.3. The number of rotatable bonds is 0. The fourth-order valence-corrected chi connectivity index (χ4v) is 18.7. The first-order valence-electron chi connectivity index (χ1n) is 37.9. The molecular formula is C83H132N14O6. The van der Waals surface area contributed by atoms with E-state index in [-0.39, 0.29) is 89.5 Å². The van der Waals surface area contributed by atoms with Gasteiger partial charge in [-0.2, -0.15) is 20.4 Å². The number of ketones is 2. The highest BCUT2D eigenvalue weighted by molar-refractivity contribution is 6.03. The van der Waals surface area contributed by atoms with Crippen LogP contribution >= 0.6 is 0 Å². The number of Topliss-reactive ketones (excluding diaryl/α,β-unsaturated/α-hetero) is 2. The number of aryl methyl sites for hydroxylation is 4. The van der Waals surface area contributed by atoms with Crippen LogP contribution < -0.4 is 17.2 Å². The van der Waals surface area contributed by atoms with Gasteiger partial charge in [0.15, 0.2) is 11.6 Å². The number of aliphatic hydroxyl groups excluding tert-OH is 2. The van der Waals surface area contributed by atoms with Crippen LogP contribution in [-0.4, -0.2) is 78.3 Å². The fourth-order valence-electron chi connectivity index (χ4n) is 18.7. The number of nitrogens with zero attached hydrogens (tertiary/aromatic N) is 11. The molecule has 20 heteroatoms. The molecule has 5 aromatic rings. The van der Waals surface area contributed by atoms with Gasteiger partial charge in [0.25, 0.3) is 0 Å². The van der Waals surface area contributed by atoms with Gasteiger partial charge in [-0.3, -0.25) is 35.2 Å². The highest BCUT2D eigenvalue weighted by atomic mass is 16.5. The Morgan fingerprint density at radius 2 is 0.874 bits per heavy atom. The molecule has 0 aromatic carbocycles. The zero-order valence-corrected chi connectivity index (χ0v) is 68.8. The van der Waals surface area contributed by atoms with Gasteiger partial charge in [-0.15, -0.1) is 0 Å². The summed E-state index contributed by atoms with van der Waals surface area (Å²) in [5.41, 5.74) is 12.5. The second kappa shape index (κ2) is 29.1. The van der Waals surface area contributed by atoms with E-state index in [1.807, 2.05) is 44.6 Å². The molecule has 8 atom stereocenters. The van der Waals surface area contributed by atoms with Crippen LogP contribution in [0.1, 0.15) is 298 Å². The van der Waals surface area contributed by atoms with Crippen molar-refractivity contribution < 1.29 is 30.9 Å². The van der Waals surface area contributed by atoms with Gasteiger partial charge in [0.1, 0.15) is 11.5 Å². The predicted octanol–water partition coefficient (Wildman–Crippen LogP) is 17.4. The smallest absolute Gasteiger partial charge is 0.226 e. The SMILES string of the molecule is CC(C)(C)C.CC1(C)C(=O)/C(=C\O)C[C@]2(C)c3nn(C(C)(C)C)cc3CC[C@@H]12.CC1(C)c2oncc2C[C@]2(C)c3nn(C(C)(C)C)cc3CC[C@@H]12.CNO.NN.[3H]C.[C-]#[N+]C1=C(O)C(C)(C)[C@@H]2CCc3cn(C(C)(C)C)nc3[C@@]2(C)C1.[C-]#[N+]C1=C[C@]2(C)c3nn(C(C)(C)C)cc3CC[C@H]2C(C)(C)C1=O. The molecule has 0 amide bonds. The first-order valence-corrected chi connectivity index (χ1v) is 36.9. The van der Waals surface area contributed by atoms with Crippen LogP contribution in [0.5, 0.6) is 0 Å². The van der Waals surface area contributed by atoms with E-state index in [1.165, 1.54) is 54.4 Å². The first-order chi connectivity index (χ1) is 47.6. The number of allylic oxidation sites excluding steroid dienone is 5. The Hall–Kier alpha value is -6.97. The van der Waals surface area contributed by atoms with E-state index in [0.29, 0.717) is 41.4 Å². The van der Waals surface area contributed by atoms with Crippen molar-refractivity contribution in [2.75, 3.05) is 7.05 Å². The molecule has 0 spiro atoms. The number of carbonyl (C=O) groups excluding carboxylic acids is 2. The van der Waals surface area contributed by atoms with Crippen molar-refractivity contribution in [3.63, 3.8) is 0 Å². The van der Waals surface area contributed by atoms with E-state index in [1.54, 1.807) is 5.48 Å². The minimum Gasteiger partial charge on any atom is -0.523 e. The summed E-state index contributed by atoms with van der Waals surface area (Å²) in [5.74, 6) is 10.7. The molecule has 13 rings (SSSR count). The number of hydrogen-bond acceptors (Lipinski definition) is 14. The molecule has 0 unspecified atom stereocenters. The Labute approximate surface area is 619 Å². The molecule has 103 heavy (non-hydrogen) atoms. The lowest BCUT2D eigenvalue weighted by Crippen LogP contribution is -2.53. The van der Waals surface area contributed by atoms with Crippen molar-refractivity contribution in [2.24, 2.45) is 57.0 Å². The largest absolute Gasteiger partial charge is 0.523 e. The molecule has 1 fully saturated rings. The van der Waals surface area contributed by atoms with Crippen molar-refractivity contribution >= 4 is 11.6 Å². The maximum Gasteiger partial charge on any atom is 0.226 e. The van der Waals surface area contributed by atoms with Crippen molar-refractivity contribution in [3.05, 3.63) is 145 Å². The minimum atomic E-state index is -0.521. The number of hydrogen-bond donors (Lipinski definition) is 6. The lowest BCUT2D eigenvalue weighted by molar-refractivity contribution is -0.131. The third kappa shape index (κ3) is 15.7. The summed E-state index contributed by atoms with van der Waals surface area (Å²) in [5, 5.41) is 51.4. The molecule has 0 saturated heterocycles. The Kier molecular flexibility index (Phi) is 23.5. The average molecular weight is 1420 g/mol. The number of nitrogens with two attached hydrogens (primary N) is 2. The Morgan fingerprint density at radius 3 is 1.24 bits per heavy atom. The fraction of sp³-hybridized carbons (Fsp3) is 0.699. The van der Waals surface area contributed by atoms with E-state index in [9.17, 15) is 19.8 Å². The van der Waals surface area contributed by atoms with E-state index < -0.39 is 10.8 Å². The molecule has 1 saturated carbocycles. The maximum absolute atomic E-state index is 12.7. The summed E-state index contributed by atoms with van der Waals surface area (Å²) in [7, 11) is 2.68. The molecule has 570 valence electrons. The molecule has 8 N–H and O–H groups in total. The number of carbonyl (C=O) groups is 2. The summed E-state index contributed by atoms with van der Waals surface area (Å²) >= 11 is 0. The van der Waals surface area contributed by atoms with Gasteiger partial charge >= 0.3 is 0 Å². The second-order valence-electron chi connectivity index (χ2n) is 39.1. The lowest BCUT2D eigenvalue weighted by Gasteiger charge is -2.52. The van der Waals surface area contributed by atoms with Gasteiger partial charge in [0.2, 0.25) is 11.4 Å². The van der Waals surface area contributed by atoms with Crippen molar-refractivity contribution in [1.29, 1.82) is 0 Å². The van der Waals surface area contributed by atoms with Crippen LogP contribution in [0.3, 0.4) is 0 Å². The van der Waals surface area contributed by atoms with Crippen LogP contribution in [-0.2, 0) is 90.9 Å². The Morgan fingerprint density at radius 1 is 0.544 bits per heavy atom. The molecule has 5 heterocycles. The van der Waals surface area contributed by atoms with Crippen LogP contribution in [0.2, 0.25) is 0 Å². The minimum absolute atomic E-state index is 0.00202. The number of nitrogens with one attached hydrogen (secondary N) is 1. The molecule has 0 aliphatic heterocycles. The monoisotopic (exact) mass is 1420 g/mol. The highest BCUT2D eigenvalue weighted by Crippen LogP contribution is 2.61. The topological polar surface area (TPSA) is 265 Å². The summed E-state index contributed by atoms with van der Waals surface area (Å²) < 4.78 is 19.7. The van der Waals surface area contributed by atoms with Gasteiger partial charge in [-0.25, -0.2) is 15.2 Å². The van der Waals surface area contributed by atoms with Crippen LogP contribution in [0.4, 0.5) is 0 Å². The van der Waals surface area contributed by atoms with E-state index in [0.717, 1.165) is 80.5 Å². The van der Waals surface area contributed by atoms with Crippen LogP contribution in [0, 0.1) is 58.5 Å². The second-order valence-corrected chi connectivity index (χ2v) is 39.1. The number of hydrazine groups is 1. The third-order valence-corrected chi connectivity index (χ3v) is 23.7. The van der Waals surface area contributed by atoms with Crippen LogP contribution in [0.15, 0.2) is 70.6 Å². The molecular weight excluding hydrogens is 1290 g/mol. The Balaban J connectivity index is 0.000000207. The van der Waals surface area contributed by atoms with Gasteiger partial charge in [-0.05, 0) is 205 Å². The Bertz CT molecular complexity index is 4090. The molecule has 8 aliphatic rings. The normalized spacial score (nSPS) is 27.6. The number of aromatic nitrogens is 9. The maximum atomic E-state index is 12.7. The third-order valence-electron chi connectivity index (χ3n) is 23.7. The van der Waals surface area contributed by atoms with Gasteiger partial charge in [-0.1, -0.05) is 129 Å². The van der Waals surface area contributed by atoms with E-state index in [2.05, 4.69) is 232 Å². The van der Waals surface area contributed by atoms with Crippen LogP contribution in [0.25, 0.3) is 9.69 Å². The number of hydroxylamine groups is 1. The zero-order valence-electron chi connectivity index (χ0n) is 69.8. The molecule has 0 bridgehead atoms. The highest BCUT2D eigenvalue weighted by Gasteiger charge is 2.60. The van der Waals surface area contributed by atoms with E-state index >= 15 is 0 Å². The summed E-state index contributed by atoms with van der Waals surface area (Å²) in [6, 6.07) is 0. The summed E-state index contributed by atoms with van der Waals surface area (Å²) in [6.07, 6.45) is 23.9. The standard InChI is InChI=1S/2C19H27N3O.C19H25N3O.C19H28N2O2.C5H12.CH5NO.CH4.H4N2/c1-17(2,3)22-11-12-7-8-14-18(4,5)16-13(10-20-23-16)9-19(14,6)15(12)21-22;2*1-17(2,3)22-11-12-8-9-14-18(4,5)16(23)13(20-7)10-19(14,6)15(12)21-22;1-17(2,3)21-10-12-7-8-14-18(4,5)16(23)13(11-22)9-19(14,6)15(12)20-21;1-5(2,3)4;1-2-3;;1-2/h10-11,14H,7-9H2,1-6H3;11,14,23H,8-10H2,1-6H3;10-11,14H,8-9H2,1-6H3;10-11,14,22H,7-9H2,1-6H3;1-4H3;2-3H,1H3;1H4;1-2H2/b;;;13-11-;;;;/t4*14-,19-;;;;/m0000..../s1/i;;;;;;1T;. The summed E-state index contributed by atoms with van der Waals surface area (Å²) in [6.45, 7) is 75.4. The molecule has 8 aliphatic carbocycles. The van der Waals surface area contributed by atoms with Crippen molar-refractivity contribution in [2.45, 2.75) is 321 Å². The molecule has 5 aromatic heterocycles. The zero-order chi connectivity index (χ0) is 79.4. The molecule has 20 nitrogen and oxygen atoms in total. The lowest BCUT2D eigenvalue weighted by atomic mass is 9.50. The van der Waals surface area contributed by atoms with Crippen molar-refractivity contribution in [1.82, 2.24) is 49.8 Å². The predicted molar refractivity (Wildman–Crippen MR) is 412 cm³/mol. The van der Waals surface area contributed by atoms with Gasteiger partial charge in [0, 0.05) is 87.7 Å². The quantitative estimate of drug-likeness (QED) is 0.0277. The van der Waals surface area contributed by atoms with Gasteiger partial charge in [0.05, 0.1) is 70.5 Å². The number of aliphatic hydroxyl groups is 2. The average Bonchev–Trinajstić information content (AvgIpc) is 1.39. The van der Waals surface area contributed by atoms with Gasteiger partial charge < -0.3 is 24.7 Å². The summed E-state index contributed by atoms with van der Waals surface area (Å²) in [4.78, 5) is 32.5. The van der Waals surface area contributed by atoms with E-state index in [4.69, 9.17) is 44.6 Å². The van der Waals surface area contributed by atoms with Crippen molar-refractivity contribution in [3.8, 4) is 0 Å². The number of fused-ring (bicyclic) bond motifs is 13.